The van der Waals surface area contributed by atoms with E-state index in [9.17, 15) is 0 Å². The van der Waals surface area contributed by atoms with Gasteiger partial charge in [-0.05, 0) is 13.8 Å². The van der Waals surface area contributed by atoms with E-state index in [-0.39, 0.29) is 0 Å². The van der Waals surface area contributed by atoms with Crippen molar-refractivity contribution in [3.05, 3.63) is 17.5 Å². The van der Waals surface area contributed by atoms with E-state index in [1.54, 1.807) is 0 Å². The number of nitrogens with zero attached hydrogens (tertiary/aromatic N) is 3. The van der Waals surface area contributed by atoms with Crippen LogP contribution in [0.2, 0.25) is 5.02 Å². The van der Waals surface area contributed by atoms with Crippen molar-refractivity contribution in [2.75, 3.05) is 5.43 Å². The summed E-state index contributed by atoms with van der Waals surface area (Å²) in [7, 11) is 0. The normalized spacial score (nSPS) is 9.25. The zero-order chi connectivity index (χ0) is 8.97. The van der Waals surface area contributed by atoms with Crippen LogP contribution in [0.25, 0.3) is 0 Å². The largest absolute Gasteiger partial charge is 0.260 e. The molecule has 0 aliphatic carbocycles. The number of rotatable bonds is 2. The first-order valence-electron chi connectivity index (χ1n) is 3.42. The summed E-state index contributed by atoms with van der Waals surface area (Å²) >= 11 is 5.75. The molecule has 4 nitrogen and oxygen atoms in total. The smallest absolute Gasteiger partial charge is 0.168 e. The molecule has 0 unspecified atom stereocenters. The van der Waals surface area contributed by atoms with Gasteiger partial charge in [0.05, 0.1) is 6.20 Å². The minimum absolute atomic E-state index is 0.461. The third-order valence-electron chi connectivity index (χ3n) is 1.05. The van der Waals surface area contributed by atoms with Crippen LogP contribution in [-0.2, 0) is 0 Å². The minimum Gasteiger partial charge on any atom is -0.260 e. The monoisotopic (exact) mass is 184 g/mol. The third kappa shape index (κ3) is 2.47. The van der Waals surface area contributed by atoms with Crippen LogP contribution in [0.1, 0.15) is 13.8 Å². The molecule has 64 valence electrons. The second-order valence-electron chi connectivity index (χ2n) is 2.39. The van der Waals surface area contributed by atoms with Gasteiger partial charge in [0.15, 0.2) is 5.82 Å². The van der Waals surface area contributed by atoms with Gasteiger partial charge < -0.3 is 0 Å². The maximum Gasteiger partial charge on any atom is 0.168 e. The molecule has 5 heteroatoms. The lowest BCUT2D eigenvalue weighted by Gasteiger charge is -2.00. The molecule has 0 bridgehead atoms. The van der Waals surface area contributed by atoms with Gasteiger partial charge in [-0.25, -0.2) is 9.97 Å². The molecule has 0 amide bonds. The fourth-order valence-electron chi connectivity index (χ4n) is 0.560. The minimum atomic E-state index is 0.461. The summed E-state index contributed by atoms with van der Waals surface area (Å²) in [5.74, 6) is 0.521. The molecule has 0 fully saturated rings. The molecule has 1 heterocycles. The van der Waals surface area contributed by atoms with Crippen molar-refractivity contribution in [2.45, 2.75) is 13.8 Å². The van der Waals surface area contributed by atoms with Gasteiger partial charge in [0.25, 0.3) is 0 Å². The van der Waals surface area contributed by atoms with E-state index >= 15 is 0 Å². The van der Waals surface area contributed by atoms with E-state index in [0.717, 1.165) is 5.71 Å². The average Bonchev–Trinajstić information content (AvgIpc) is 2.03. The number of anilines is 1. The Balaban J connectivity index is 2.76. The second kappa shape index (κ2) is 4.01. The van der Waals surface area contributed by atoms with Crippen LogP contribution in [0.3, 0.4) is 0 Å². The number of hydrogen-bond acceptors (Lipinski definition) is 4. The molecule has 0 radical (unpaired) electrons. The number of hydrazone groups is 1. The van der Waals surface area contributed by atoms with Gasteiger partial charge in [-0.15, -0.1) is 0 Å². The molecule has 0 aromatic carbocycles. The molecular formula is C7H9ClN4. The van der Waals surface area contributed by atoms with Crippen LogP contribution in [0.15, 0.2) is 17.6 Å². The molecule has 0 atom stereocenters. The van der Waals surface area contributed by atoms with E-state index in [1.807, 2.05) is 13.8 Å². The number of halogens is 1. The fraction of sp³-hybridized carbons (Fsp3) is 0.286. The van der Waals surface area contributed by atoms with Crippen molar-refractivity contribution in [3.63, 3.8) is 0 Å². The highest BCUT2D eigenvalue weighted by molar-refractivity contribution is 6.32. The highest BCUT2D eigenvalue weighted by atomic mass is 35.5. The molecule has 1 rings (SSSR count). The van der Waals surface area contributed by atoms with Crippen LogP contribution >= 0.6 is 11.6 Å². The van der Waals surface area contributed by atoms with Gasteiger partial charge in [0.2, 0.25) is 0 Å². The molecule has 0 saturated carbocycles. The van der Waals surface area contributed by atoms with E-state index in [2.05, 4.69) is 20.5 Å². The molecule has 1 aromatic rings. The zero-order valence-corrected chi connectivity index (χ0v) is 7.63. The Morgan fingerprint density at radius 1 is 1.58 bits per heavy atom. The molecule has 0 saturated heterocycles. The summed E-state index contributed by atoms with van der Waals surface area (Å²) in [5, 5.41) is 4.41. The summed E-state index contributed by atoms with van der Waals surface area (Å²) in [6.07, 6.45) is 2.92. The Kier molecular flexibility index (Phi) is 2.99. The lowest BCUT2D eigenvalue weighted by molar-refractivity contribution is 1.13. The maximum atomic E-state index is 5.75. The summed E-state index contributed by atoms with van der Waals surface area (Å²) in [5.41, 5.74) is 3.62. The van der Waals surface area contributed by atoms with Crippen LogP contribution in [0, 0.1) is 0 Å². The predicted molar refractivity (Wildman–Crippen MR) is 49.4 cm³/mol. The van der Waals surface area contributed by atoms with Crippen LogP contribution < -0.4 is 5.43 Å². The fourth-order valence-corrected chi connectivity index (χ4v) is 0.707. The SMILES string of the molecule is CC(C)=NNc1ncncc1Cl. The number of hydrogen-bond donors (Lipinski definition) is 1. The van der Waals surface area contributed by atoms with E-state index < -0.39 is 0 Å². The zero-order valence-electron chi connectivity index (χ0n) is 6.87. The van der Waals surface area contributed by atoms with Crippen molar-refractivity contribution >= 4 is 23.1 Å². The Bertz CT molecular complexity index is 293. The number of aromatic nitrogens is 2. The van der Waals surface area contributed by atoms with Crippen LogP contribution in [-0.4, -0.2) is 15.7 Å². The van der Waals surface area contributed by atoms with Crippen molar-refractivity contribution in [3.8, 4) is 0 Å². The highest BCUT2D eigenvalue weighted by Crippen LogP contribution is 2.15. The molecule has 12 heavy (non-hydrogen) atoms. The molecule has 0 aliphatic rings. The third-order valence-corrected chi connectivity index (χ3v) is 1.33. The van der Waals surface area contributed by atoms with Gasteiger partial charge in [-0.1, -0.05) is 11.6 Å². The van der Waals surface area contributed by atoms with Crippen molar-refractivity contribution < 1.29 is 0 Å². The Labute approximate surface area is 75.7 Å². The number of nitrogens with one attached hydrogen (secondary N) is 1. The van der Waals surface area contributed by atoms with Crippen LogP contribution in [0.5, 0.6) is 0 Å². The summed E-state index contributed by atoms with van der Waals surface area (Å²) in [6, 6.07) is 0. The van der Waals surface area contributed by atoms with Gasteiger partial charge in [-0.3, -0.25) is 5.43 Å². The standard InChI is InChI=1S/C7H9ClN4/c1-5(2)11-12-7-6(8)3-9-4-10-7/h3-4H,1-2H3,(H,9,10,12). The summed E-state index contributed by atoms with van der Waals surface area (Å²) in [6.45, 7) is 3.75. The highest BCUT2D eigenvalue weighted by Gasteiger charge is 1.97. The van der Waals surface area contributed by atoms with Crippen molar-refractivity contribution in [2.24, 2.45) is 5.10 Å². The van der Waals surface area contributed by atoms with Gasteiger partial charge in [-0.2, -0.15) is 5.10 Å². The first-order valence-corrected chi connectivity index (χ1v) is 3.80. The molecular weight excluding hydrogens is 176 g/mol. The second-order valence-corrected chi connectivity index (χ2v) is 2.80. The topological polar surface area (TPSA) is 50.2 Å². The lowest BCUT2D eigenvalue weighted by atomic mass is 10.5. The van der Waals surface area contributed by atoms with E-state index in [0.29, 0.717) is 10.8 Å². The Morgan fingerprint density at radius 2 is 2.33 bits per heavy atom. The quantitative estimate of drug-likeness (QED) is 0.565. The summed E-state index contributed by atoms with van der Waals surface area (Å²) in [4.78, 5) is 7.63. The molecule has 0 aliphatic heterocycles. The molecule has 1 N–H and O–H groups in total. The lowest BCUT2D eigenvalue weighted by Crippen LogP contribution is -1.96. The van der Waals surface area contributed by atoms with Crippen molar-refractivity contribution in [1.82, 2.24) is 9.97 Å². The molecule has 0 spiro atoms. The Morgan fingerprint density at radius 3 is 2.92 bits per heavy atom. The first-order chi connectivity index (χ1) is 5.70. The average molecular weight is 185 g/mol. The van der Waals surface area contributed by atoms with Crippen LogP contribution in [0.4, 0.5) is 5.82 Å². The van der Waals surface area contributed by atoms with Gasteiger partial charge in [0.1, 0.15) is 11.3 Å². The molecule has 1 aromatic heterocycles. The van der Waals surface area contributed by atoms with Crippen molar-refractivity contribution in [1.29, 1.82) is 0 Å². The van der Waals surface area contributed by atoms with Gasteiger partial charge in [0, 0.05) is 5.71 Å². The first kappa shape index (κ1) is 8.93. The summed E-state index contributed by atoms with van der Waals surface area (Å²) < 4.78 is 0. The van der Waals surface area contributed by atoms with E-state index in [4.69, 9.17) is 11.6 Å². The maximum absolute atomic E-state index is 5.75. The Hall–Kier alpha value is -1.16. The van der Waals surface area contributed by atoms with Gasteiger partial charge >= 0.3 is 0 Å². The van der Waals surface area contributed by atoms with E-state index in [1.165, 1.54) is 12.5 Å². The predicted octanol–water partition coefficient (Wildman–Crippen LogP) is 1.94.